The molecule has 1 radical (unpaired) electrons. The predicted octanol–water partition coefficient (Wildman–Crippen LogP) is 5.40. The third-order valence-corrected chi connectivity index (χ3v) is 10.5. The van der Waals surface area contributed by atoms with Crippen LogP contribution in [-0.2, 0) is 20.1 Å². The Balaban J connectivity index is 0.00000240. The number of benzene rings is 3. The molecule has 1 nitrogen and oxygen atoms in total. The van der Waals surface area contributed by atoms with Crippen LogP contribution in [0, 0.1) is 35.1 Å². The average Bonchev–Trinajstić information content (AvgIpc) is 2.59. The summed E-state index contributed by atoms with van der Waals surface area (Å²) in [7, 11) is -2.92. The Kier molecular flexibility index (Phi) is 10.3. The molecule has 0 aliphatic carbocycles. The van der Waals surface area contributed by atoms with Crippen molar-refractivity contribution in [2.75, 3.05) is 0 Å². The van der Waals surface area contributed by atoms with Gasteiger partial charge >= 0.3 is 0 Å². The van der Waals surface area contributed by atoms with E-state index >= 15 is 0 Å². The summed E-state index contributed by atoms with van der Waals surface area (Å²) in [5.74, 6) is 0. The molecule has 0 amide bonds. The maximum absolute atomic E-state index is 11.3. The van der Waals surface area contributed by atoms with Crippen molar-refractivity contribution in [3.8, 4) is 0 Å². The summed E-state index contributed by atoms with van der Waals surface area (Å²) in [5.41, 5.74) is 5.20. The molecule has 0 saturated heterocycles. The van der Waals surface area contributed by atoms with Crippen LogP contribution in [0.15, 0.2) is 60.7 Å². The summed E-state index contributed by atoms with van der Waals surface area (Å²) in [6, 6.07) is 22.5. The van der Waals surface area contributed by atoms with E-state index in [1.165, 1.54) is 38.2 Å². The largest absolute Gasteiger partial charge is 0.358 e. The van der Waals surface area contributed by atoms with Gasteiger partial charge in [0.05, 0.1) is 0 Å². The van der Waals surface area contributed by atoms with E-state index in [2.05, 4.69) is 109 Å². The fraction of sp³-hybridized carbons (Fsp3) is 0.296. The minimum absolute atomic E-state index is 0. The van der Waals surface area contributed by atoms with Crippen molar-refractivity contribution in [3.05, 3.63) is 90.3 Å². The molecule has 0 aromatic heterocycles. The van der Waals surface area contributed by atoms with E-state index in [1.807, 2.05) is 0 Å². The Morgan fingerprint density at radius 1 is 0.645 bits per heavy atom. The van der Waals surface area contributed by atoms with Gasteiger partial charge in [0.25, 0.3) is 0 Å². The Bertz CT molecular complexity index is 932. The molecule has 3 aromatic carbocycles. The number of hydrogen-bond acceptors (Lipinski definition) is 1. The van der Waals surface area contributed by atoms with Gasteiger partial charge in [0.2, 0.25) is 0 Å². The first-order valence-corrected chi connectivity index (χ1v) is 13.2. The summed E-state index contributed by atoms with van der Waals surface area (Å²) in [6.45, 7) is 15.2. The minimum atomic E-state index is -1.69. The monoisotopic (exact) mass is 632 g/mol. The van der Waals surface area contributed by atoms with Gasteiger partial charge in [-0.2, -0.15) is 0 Å². The second-order valence-electron chi connectivity index (χ2n) is 9.27. The Hall–Kier alpha value is -0.871. The molecule has 1 atom stereocenters. The fourth-order valence-electron chi connectivity index (χ4n) is 4.03. The molecule has 0 heterocycles. The van der Waals surface area contributed by atoms with Gasteiger partial charge in [-0.1, -0.05) is 24.3 Å². The van der Waals surface area contributed by atoms with Crippen molar-refractivity contribution in [3.63, 3.8) is 0 Å². The molecule has 169 valence electrons. The standard InChI is InChI=1S/C26H32OP2.CH3.Ir/c1-18-12-19(2)15-22(14-18)28(23-16-20(3)13-21(4)17-23)24-10-8-9-11-25(24)29(27)26(5,6)7;;/h8-17,27H,1-7H3;1H3;/q;-1;/p+2. The molecule has 1 N–H and O–H groups in total. The zero-order valence-electron chi connectivity index (χ0n) is 20.1. The van der Waals surface area contributed by atoms with Crippen LogP contribution in [0.25, 0.3) is 0 Å². The third kappa shape index (κ3) is 6.81. The SMILES string of the molecule is Cc1cc(C)cc([PH+](c2cc(C)cc(C)c2)c2ccccc2[PH+](O)C(C)(C)C)c1.[CH3-].[Ir]. The second kappa shape index (κ2) is 11.3. The van der Waals surface area contributed by atoms with E-state index in [-0.39, 0.29) is 32.7 Å². The third-order valence-electron chi connectivity index (χ3n) is 5.18. The van der Waals surface area contributed by atoms with E-state index in [0.29, 0.717) is 0 Å². The molecule has 0 spiro atoms. The van der Waals surface area contributed by atoms with E-state index < -0.39 is 16.1 Å². The maximum atomic E-state index is 11.3. The quantitative estimate of drug-likeness (QED) is 0.302. The second-order valence-corrected chi connectivity index (χ2v) is 14.5. The van der Waals surface area contributed by atoms with Crippen LogP contribution in [0.5, 0.6) is 0 Å². The van der Waals surface area contributed by atoms with Crippen molar-refractivity contribution in [1.82, 2.24) is 0 Å². The molecule has 0 fully saturated rings. The maximum Gasteiger partial charge on any atom is 0.170 e. The zero-order chi connectivity index (χ0) is 21.3. The normalized spacial score (nSPS) is 12.2. The van der Waals surface area contributed by atoms with Crippen molar-refractivity contribution >= 4 is 37.3 Å². The van der Waals surface area contributed by atoms with Gasteiger partial charge < -0.3 is 7.43 Å². The van der Waals surface area contributed by atoms with Gasteiger partial charge in [-0.15, -0.1) is 0 Å². The van der Waals surface area contributed by atoms with Gasteiger partial charge in [0, 0.05) is 20.1 Å². The van der Waals surface area contributed by atoms with E-state index in [4.69, 9.17) is 0 Å². The first kappa shape index (κ1) is 28.2. The van der Waals surface area contributed by atoms with Gasteiger partial charge in [-0.05, 0) is 107 Å². The van der Waals surface area contributed by atoms with Crippen LogP contribution in [0.1, 0.15) is 43.0 Å². The van der Waals surface area contributed by atoms with Gasteiger partial charge in [-0.25, -0.2) is 4.89 Å². The van der Waals surface area contributed by atoms with Gasteiger partial charge in [0.15, 0.2) is 13.5 Å². The first-order valence-electron chi connectivity index (χ1n) is 10.3. The Labute approximate surface area is 205 Å². The Morgan fingerprint density at radius 3 is 1.35 bits per heavy atom. The van der Waals surface area contributed by atoms with Crippen molar-refractivity contribution in [1.29, 1.82) is 0 Å². The summed E-state index contributed by atoms with van der Waals surface area (Å²) in [5, 5.41) is 5.18. The smallest absolute Gasteiger partial charge is 0.170 e. The van der Waals surface area contributed by atoms with Crippen LogP contribution in [0.2, 0.25) is 0 Å². The van der Waals surface area contributed by atoms with Gasteiger partial charge in [0.1, 0.15) is 29.0 Å². The molecule has 0 saturated carbocycles. The molecule has 0 aliphatic rings. The summed E-state index contributed by atoms with van der Waals surface area (Å²) >= 11 is 0. The summed E-state index contributed by atoms with van der Waals surface area (Å²) in [6.07, 6.45) is 0. The molecule has 0 bridgehead atoms. The first-order chi connectivity index (χ1) is 13.6. The summed E-state index contributed by atoms with van der Waals surface area (Å²) in [4.78, 5) is 11.3. The van der Waals surface area contributed by atoms with E-state index in [1.54, 1.807) is 0 Å². The molecule has 3 aromatic rings. The molecule has 31 heavy (non-hydrogen) atoms. The molecule has 3 rings (SSSR count). The topological polar surface area (TPSA) is 20.2 Å². The minimum Gasteiger partial charge on any atom is -0.358 e. The van der Waals surface area contributed by atoms with Gasteiger partial charge in [-0.3, -0.25) is 0 Å². The Morgan fingerprint density at radius 2 is 1.00 bits per heavy atom. The number of hydrogen-bond donors (Lipinski definition) is 1. The van der Waals surface area contributed by atoms with E-state index in [9.17, 15) is 4.89 Å². The molecule has 4 heteroatoms. The van der Waals surface area contributed by atoms with Crippen LogP contribution >= 0.6 is 16.1 Å². The molecule has 1 unspecified atom stereocenters. The van der Waals surface area contributed by atoms with Crippen molar-refractivity contribution in [2.24, 2.45) is 0 Å². The molecular weight excluding hydrogens is 594 g/mol. The van der Waals surface area contributed by atoms with E-state index in [0.717, 1.165) is 5.30 Å². The van der Waals surface area contributed by atoms with Crippen molar-refractivity contribution < 1.29 is 25.0 Å². The number of rotatable bonds is 4. The molecular formula is C27H37IrOP2+. The van der Waals surface area contributed by atoms with Crippen LogP contribution in [0.3, 0.4) is 0 Å². The van der Waals surface area contributed by atoms with Crippen LogP contribution in [-0.4, -0.2) is 10.0 Å². The summed E-state index contributed by atoms with van der Waals surface area (Å²) < 4.78 is 0. The van der Waals surface area contributed by atoms with Crippen LogP contribution in [0.4, 0.5) is 0 Å². The fourth-order valence-corrected chi connectivity index (χ4v) is 9.22. The molecule has 0 aliphatic heterocycles. The van der Waals surface area contributed by atoms with Crippen molar-refractivity contribution in [2.45, 2.75) is 53.6 Å². The van der Waals surface area contributed by atoms with Crippen LogP contribution < -0.4 is 21.2 Å². The number of aryl methyl sites for hydroxylation is 4. The zero-order valence-corrected chi connectivity index (χ0v) is 24.4. The predicted molar refractivity (Wildman–Crippen MR) is 142 cm³/mol. The average molecular weight is 632 g/mol.